The van der Waals surface area contributed by atoms with E-state index in [4.69, 9.17) is 23.2 Å². The zero-order valence-electron chi connectivity index (χ0n) is 7.52. The Labute approximate surface area is 96.2 Å². The quantitative estimate of drug-likeness (QED) is 0.757. The van der Waals surface area contributed by atoms with Gasteiger partial charge in [0.05, 0.1) is 11.3 Å². The van der Waals surface area contributed by atoms with Gasteiger partial charge in [-0.2, -0.15) is 5.10 Å². The van der Waals surface area contributed by atoms with Gasteiger partial charge in [-0.25, -0.2) is 4.68 Å². The number of aromatic nitrogens is 2. The monoisotopic (exact) mass is 240 g/mol. The van der Waals surface area contributed by atoms with Gasteiger partial charge in [-0.1, -0.05) is 29.8 Å². The molecule has 0 aliphatic heterocycles. The van der Waals surface area contributed by atoms with E-state index in [1.165, 1.54) is 10.9 Å². The number of para-hydroxylation sites is 1. The first-order valence-electron chi connectivity index (χ1n) is 4.19. The third kappa shape index (κ3) is 2.03. The lowest BCUT2D eigenvalue weighted by atomic mass is 10.3. The van der Waals surface area contributed by atoms with Crippen molar-refractivity contribution < 1.29 is 4.79 Å². The van der Waals surface area contributed by atoms with Gasteiger partial charge >= 0.3 is 0 Å². The number of carbonyl (C=O) groups is 1. The summed E-state index contributed by atoms with van der Waals surface area (Å²) in [6, 6.07) is 9.33. The van der Waals surface area contributed by atoms with E-state index in [0.717, 1.165) is 5.69 Å². The van der Waals surface area contributed by atoms with Crippen molar-refractivity contribution in [3.8, 4) is 5.69 Å². The topological polar surface area (TPSA) is 34.9 Å². The van der Waals surface area contributed by atoms with Crippen LogP contribution in [0.15, 0.2) is 36.5 Å². The molecular formula is C10H6Cl2N2O. The maximum atomic E-state index is 10.9. The number of halogens is 2. The predicted octanol–water partition coefficient (Wildman–Crippen LogP) is 2.90. The van der Waals surface area contributed by atoms with Crippen LogP contribution >= 0.6 is 23.2 Å². The number of carbonyl (C=O) groups excluding carboxylic acids is 1. The Kier molecular flexibility index (Phi) is 2.75. The van der Waals surface area contributed by atoms with E-state index in [1.807, 2.05) is 30.3 Å². The third-order valence-corrected chi connectivity index (χ3v) is 2.38. The van der Waals surface area contributed by atoms with Gasteiger partial charge in [-0.15, -0.1) is 0 Å². The molecule has 0 bridgehead atoms. The van der Waals surface area contributed by atoms with Crippen LogP contribution in [-0.2, 0) is 0 Å². The number of nitrogens with zero attached hydrogens (tertiary/aromatic N) is 2. The van der Waals surface area contributed by atoms with E-state index in [1.54, 1.807) is 0 Å². The van der Waals surface area contributed by atoms with Gasteiger partial charge in [0.2, 0.25) is 0 Å². The van der Waals surface area contributed by atoms with Gasteiger partial charge in [0.1, 0.15) is 0 Å². The molecule has 15 heavy (non-hydrogen) atoms. The summed E-state index contributed by atoms with van der Waals surface area (Å²) in [5.74, 6) is 0. The lowest BCUT2D eigenvalue weighted by Gasteiger charge is -1.98. The van der Waals surface area contributed by atoms with Crippen LogP contribution in [0.25, 0.3) is 5.69 Å². The number of rotatable bonds is 2. The molecule has 0 saturated carbocycles. The van der Waals surface area contributed by atoms with Crippen molar-refractivity contribution in [2.75, 3.05) is 0 Å². The minimum atomic E-state index is -0.609. The van der Waals surface area contributed by atoms with Crippen LogP contribution in [0.5, 0.6) is 0 Å². The van der Waals surface area contributed by atoms with Crippen LogP contribution in [0.2, 0.25) is 5.15 Å². The zero-order chi connectivity index (χ0) is 10.8. The van der Waals surface area contributed by atoms with Gasteiger partial charge in [0.25, 0.3) is 5.24 Å². The third-order valence-electron chi connectivity index (χ3n) is 1.90. The average molecular weight is 241 g/mol. The second-order valence-corrected chi connectivity index (χ2v) is 3.59. The Morgan fingerprint density at radius 1 is 1.27 bits per heavy atom. The molecule has 1 aromatic heterocycles. The van der Waals surface area contributed by atoms with Crippen molar-refractivity contribution in [1.82, 2.24) is 9.78 Å². The summed E-state index contributed by atoms with van der Waals surface area (Å²) in [7, 11) is 0. The molecule has 0 aliphatic carbocycles. The first-order chi connectivity index (χ1) is 7.18. The molecule has 76 valence electrons. The van der Waals surface area contributed by atoms with Crippen LogP contribution in [0.4, 0.5) is 0 Å². The number of hydrogen-bond donors (Lipinski definition) is 0. The molecule has 2 aromatic rings. The molecule has 0 unspecified atom stereocenters. The number of benzene rings is 1. The molecule has 0 spiro atoms. The summed E-state index contributed by atoms with van der Waals surface area (Å²) < 4.78 is 1.51. The summed E-state index contributed by atoms with van der Waals surface area (Å²) in [4.78, 5) is 10.9. The molecule has 1 aromatic carbocycles. The van der Waals surface area contributed by atoms with E-state index < -0.39 is 5.24 Å². The Balaban J connectivity index is 2.48. The fraction of sp³-hybridized carbons (Fsp3) is 0. The zero-order valence-corrected chi connectivity index (χ0v) is 9.03. The summed E-state index contributed by atoms with van der Waals surface area (Å²) >= 11 is 11.1. The van der Waals surface area contributed by atoms with Crippen molar-refractivity contribution in [3.63, 3.8) is 0 Å². The maximum absolute atomic E-state index is 10.9. The van der Waals surface area contributed by atoms with Crippen LogP contribution in [0, 0.1) is 0 Å². The smallest absolute Gasteiger partial charge is 0.257 e. The molecular weight excluding hydrogens is 235 g/mol. The lowest BCUT2D eigenvalue weighted by Crippen LogP contribution is -1.93. The van der Waals surface area contributed by atoms with Gasteiger partial charge in [-0.05, 0) is 23.7 Å². The summed E-state index contributed by atoms with van der Waals surface area (Å²) in [6.07, 6.45) is 1.51. The van der Waals surface area contributed by atoms with Crippen LogP contribution < -0.4 is 0 Å². The highest BCUT2D eigenvalue weighted by Crippen LogP contribution is 2.18. The highest BCUT2D eigenvalue weighted by molar-refractivity contribution is 6.68. The lowest BCUT2D eigenvalue weighted by molar-refractivity contribution is 0.108. The van der Waals surface area contributed by atoms with Gasteiger partial charge < -0.3 is 0 Å². The average Bonchev–Trinajstić information content (AvgIpc) is 2.62. The highest BCUT2D eigenvalue weighted by Gasteiger charge is 2.12. The van der Waals surface area contributed by atoms with Gasteiger partial charge in [0.15, 0.2) is 5.15 Å². The molecule has 0 aliphatic rings. The molecule has 0 radical (unpaired) electrons. The Hall–Kier alpha value is -1.32. The largest absolute Gasteiger partial charge is 0.275 e. The van der Waals surface area contributed by atoms with E-state index in [-0.39, 0.29) is 10.7 Å². The Morgan fingerprint density at radius 3 is 2.47 bits per heavy atom. The second kappa shape index (κ2) is 4.04. The van der Waals surface area contributed by atoms with Crippen molar-refractivity contribution in [2.45, 2.75) is 0 Å². The molecule has 1 heterocycles. The van der Waals surface area contributed by atoms with E-state index in [0.29, 0.717) is 0 Å². The summed E-state index contributed by atoms with van der Waals surface area (Å²) in [5.41, 5.74) is 1.03. The minimum Gasteiger partial charge on any atom is -0.275 e. The van der Waals surface area contributed by atoms with Crippen LogP contribution in [0.3, 0.4) is 0 Å². The SMILES string of the molecule is O=C(Cl)c1cn(-c2ccccc2)nc1Cl. The van der Waals surface area contributed by atoms with Crippen LogP contribution in [-0.4, -0.2) is 15.0 Å². The molecule has 0 atom stereocenters. The van der Waals surface area contributed by atoms with Crippen LogP contribution in [0.1, 0.15) is 10.4 Å². The van der Waals surface area contributed by atoms with Crippen molar-refractivity contribution >= 4 is 28.4 Å². The van der Waals surface area contributed by atoms with Gasteiger partial charge in [0, 0.05) is 6.20 Å². The van der Waals surface area contributed by atoms with Crippen molar-refractivity contribution in [3.05, 3.63) is 47.2 Å². The van der Waals surface area contributed by atoms with Gasteiger partial charge in [-0.3, -0.25) is 4.79 Å². The highest BCUT2D eigenvalue weighted by atomic mass is 35.5. The Morgan fingerprint density at radius 2 is 1.93 bits per heavy atom. The van der Waals surface area contributed by atoms with Crippen molar-refractivity contribution in [2.24, 2.45) is 0 Å². The number of hydrogen-bond acceptors (Lipinski definition) is 2. The van der Waals surface area contributed by atoms with Crippen molar-refractivity contribution in [1.29, 1.82) is 0 Å². The molecule has 3 nitrogen and oxygen atoms in total. The molecule has 5 heteroatoms. The second-order valence-electron chi connectivity index (χ2n) is 2.89. The van der Waals surface area contributed by atoms with E-state index in [9.17, 15) is 4.79 Å². The standard InChI is InChI=1S/C10H6Cl2N2O/c11-9-8(10(12)15)6-14(13-9)7-4-2-1-3-5-7/h1-6H. The molecule has 0 fully saturated rings. The molecule has 0 saturated heterocycles. The summed E-state index contributed by atoms with van der Waals surface area (Å²) in [6.45, 7) is 0. The first-order valence-corrected chi connectivity index (χ1v) is 4.94. The fourth-order valence-corrected chi connectivity index (χ4v) is 1.60. The first kappa shape index (κ1) is 10.2. The molecule has 0 amide bonds. The molecule has 0 N–H and O–H groups in total. The molecule has 2 rings (SSSR count). The fourth-order valence-electron chi connectivity index (χ4n) is 1.20. The maximum Gasteiger partial charge on any atom is 0.257 e. The van der Waals surface area contributed by atoms with E-state index in [2.05, 4.69) is 5.10 Å². The Bertz CT molecular complexity index is 493. The normalized spacial score (nSPS) is 10.3. The summed E-state index contributed by atoms with van der Waals surface area (Å²) in [5, 5.41) is 3.48. The minimum absolute atomic E-state index is 0.110. The predicted molar refractivity (Wildman–Crippen MR) is 58.8 cm³/mol. The van der Waals surface area contributed by atoms with E-state index >= 15 is 0 Å².